The lowest BCUT2D eigenvalue weighted by molar-refractivity contribution is -0.118. The summed E-state index contributed by atoms with van der Waals surface area (Å²) in [6.07, 6.45) is 0.965. The first-order chi connectivity index (χ1) is 8.02. The SMILES string of the molecule is Cc1ccccc1N1C(=O)CNCCC1(C)C. The van der Waals surface area contributed by atoms with Crippen molar-refractivity contribution in [2.45, 2.75) is 32.7 Å². The third kappa shape index (κ3) is 2.34. The molecule has 17 heavy (non-hydrogen) atoms. The molecule has 2 rings (SSSR count). The van der Waals surface area contributed by atoms with Gasteiger partial charge in [0.2, 0.25) is 5.91 Å². The maximum absolute atomic E-state index is 12.2. The molecule has 0 aromatic heterocycles. The van der Waals surface area contributed by atoms with Gasteiger partial charge in [0, 0.05) is 11.2 Å². The summed E-state index contributed by atoms with van der Waals surface area (Å²) in [6, 6.07) is 8.08. The molecule has 1 amide bonds. The molecule has 0 saturated carbocycles. The highest BCUT2D eigenvalue weighted by Crippen LogP contribution is 2.30. The number of carbonyl (C=O) groups is 1. The molecule has 1 fully saturated rings. The highest BCUT2D eigenvalue weighted by atomic mass is 16.2. The van der Waals surface area contributed by atoms with E-state index < -0.39 is 0 Å². The second-order valence-corrected chi connectivity index (χ2v) is 5.25. The molecule has 1 aliphatic heterocycles. The molecule has 3 heteroatoms. The van der Waals surface area contributed by atoms with E-state index in [2.05, 4.69) is 32.2 Å². The third-order valence-electron chi connectivity index (χ3n) is 3.40. The van der Waals surface area contributed by atoms with Gasteiger partial charge in [-0.1, -0.05) is 18.2 Å². The average Bonchev–Trinajstić information content (AvgIpc) is 2.39. The Balaban J connectivity index is 2.45. The van der Waals surface area contributed by atoms with Crippen molar-refractivity contribution in [2.75, 3.05) is 18.0 Å². The standard InChI is InChI=1S/C14H20N2O/c1-11-6-4-5-7-12(11)16-13(17)10-15-9-8-14(16,2)3/h4-7,15H,8-10H2,1-3H3. The van der Waals surface area contributed by atoms with Gasteiger partial charge in [0.25, 0.3) is 0 Å². The molecule has 1 heterocycles. The van der Waals surface area contributed by atoms with Crippen LogP contribution in [0.4, 0.5) is 5.69 Å². The van der Waals surface area contributed by atoms with Crippen molar-refractivity contribution < 1.29 is 4.79 Å². The number of hydrogen-bond donors (Lipinski definition) is 1. The molecule has 1 N–H and O–H groups in total. The number of nitrogens with one attached hydrogen (secondary N) is 1. The number of aryl methyl sites for hydroxylation is 1. The maximum atomic E-state index is 12.2. The Bertz CT molecular complexity index is 426. The fourth-order valence-electron chi connectivity index (χ4n) is 2.39. The molecule has 1 saturated heterocycles. The van der Waals surface area contributed by atoms with E-state index in [9.17, 15) is 4.79 Å². The predicted octanol–water partition coefficient (Wildman–Crippen LogP) is 2.10. The summed E-state index contributed by atoms with van der Waals surface area (Å²) in [4.78, 5) is 14.2. The first-order valence-electron chi connectivity index (χ1n) is 6.12. The van der Waals surface area contributed by atoms with Gasteiger partial charge in [-0.15, -0.1) is 0 Å². The van der Waals surface area contributed by atoms with Crippen LogP contribution in [0, 0.1) is 6.92 Å². The van der Waals surface area contributed by atoms with Crippen molar-refractivity contribution in [1.29, 1.82) is 0 Å². The lowest BCUT2D eigenvalue weighted by Gasteiger charge is -2.37. The Labute approximate surface area is 103 Å². The van der Waals surface area contributed by atoms with Crippen LogP contribution in [-0.2, 0) is 4.79 Å². The van der Waals surface area contributed by atoms with Crippen LogP contribution >= 0.6 is 0 Å². The van der Waals surface area contributed by atoms with Crippen LogP contribution in [0.2, 0.25) is 0 Å². The minimum absolute atomic E-state index is 0.132. The zero-order valence-electron chi connectivity index (χ0n) is 10.8. The van der Waals surface area contributed by atoms with Gasteiger partial charge in [0.1, 0.15) is 0 Å². The molecule has 0 spiro atoms. The molecule has 0 aliphatic carbocycles. The molecular formula is C14H20N2O. The van der Waals surface area contributed by atoms with Gasteiger partial charge in [0.15, 0.2) is 0 Å². The van der Waals surface area contributed by atoms with Crippen molar-refractivity contribution in [1.82, 2.24) is 5.32 Å². The summed E-state index contributed by atoms with van der Waals surface area (Å²) in [5, 5.41) is 3.18. The van der Waals surface area contributed by atoms with Crippen LogP contribution in [0.15, 0.2) is 24.3 Å². The minimum atomic E-state index is -0.132. The zero-order chi connectivity index (χ0) is 12.5. The second kappa shape index (κ2) is 4.49. The van der Waals surface area contributed by atoms with Crippen LogP contribution in [0.25, 0.3) is 0 Å². The molecule has 0 bridgehead atoms. The highest BCUT2D eigenvalue weighted by Gasteiger charge is 2.34. The van der Waals surface area contributed by atoms with Gasteiger partial charge < -0.3 is 10.2 Å². The second-order valence-electron chi connectivity index (χ2n) is 5.25. The van der Waals surface area contributed by atoms with E-state index in [0.29, 0.717) is 6.54 Å². The molecule has 0 atom stereocenters. The van der Waals surface area contributed by atoms with Crippen molar-refractivity contribution in [3.8, 4) is 0 Å². The van der Waals surface area contributed by atoms with Gasteiger partial charge in [-0.05, 0) is 45.4 Å². The van der Waals surface area contributed by atoms with Gasteiger partial charge >= 0.3 is 0 Å². The molecular weight excluding hydrogens is 212 g/mol. The number of anilines is 1. The first kappa shape index (κ1) is 12.1. The quantitative estimate of drug-likeness (QED) is 0.804. The van der Waals surface area contributed by atoms with Crippen LogP contribution in [-0.4, -0.2) is 24.5 Å². The van der Waals surface area contributed by atoms with E-state index in [-0.39, 0.29) is 11.4 Å². The lowest BCUT2D eigenvalue weighted by atomic mass is 9.96. The van der Waals surface area contributed by atoms with Crippen LogP contribution < -0.4 is 10.2 Å². The molecule has 1 aliphatic rings. The molecule has 0 radical (unpaired) electrons. The molecule has 1 aromatic rings. The number of amides is 1. The number of benzene rings is 1. The monoisotopic (exact) mass is 232 g/mol. The molecule has 0 unspecified atom stereocenters. The maximum Gasteiger partial charge on any atom is 0.241 e. The number of carbonyl (C=O) groups excluding carboxylic acids is 1. The number of rotatable bonds is 1. The van der Waals surface area contributed by atoms with Crippen molar-refractivity contribution in [2.24, 2.45) is 0 Å². The van der Waals surface area contributed by atoms with E-state index in [1.54, 1.807) is 0 Å². The fraction of sp³-hybridized carbons (Fsp3) is 0.500. The van der Waals surface area contributed by atoms with Gasteiger partial charge in [-0.3, -0.25) is 4.79 Å². The minimum Gasteiger partial charge on any atom is -0.308 e. The van der Waals surface area contributed by atoms with Crippen LogP contribution in [0.5, 0.6) is 0 Å². The Morgan fingerprint density at radius 2 is 2.00 bits per heavy atom. The summed E-state index contributed by atoms with van der Waals surface area (Å²) in [6.45, 7) is 7.63. The Morgan fingerprint density at radius 1 is 1.29 bits per heavy atom. The highest BCUT2D eigenvalue weighted by molar-refractivity contribution is 5.97. The van der Waals surface area contributed by atoms with E-state index in [0.717, 1.165) is 24.2 Å². The van der Waals surface area contributed by atoms with Gasteiger partial charge in [-0.25, -0.2) is 0 Å². The van der Waals surface area contributed by atoms with Crippen molar-refractivity contribution in [3.63, 3.8) is 0 Å². The first-order valence-corrected chi connectivity index (χ1v) is 6.12. The Morgan fingerprint density at radius 3 is 2.71 bits per heavy atom. The Kier molecular flexibility index (Phi) is 3.20. The molecule has 1 aromatic carbocycles. The van der Waals surface area contributed by atoms with Crippen LogP contribution in [0.1, 0.15) is 25.8 Å². The van der Waals surface area contributed by atoms with Gasteiger partial charge in [0.05, 0.1) is 6.54 Å². The lowest BCUT2D eigenvalue weighted by Crippen LogP contribution is -2.48. The molecule has 92 valence electrons. The third-order valence-corrected chi connectivity index (χ3v) is 3.40. The van der Waals surface area contributed by atoms with E-state index in [1.165, 1.54) is 0 Å². The summed E-state index contributed by atoms with van der Waals surface area (Å²) in [5.74, 6) is 0.154. The van der Waals surface area contributed by atoms with E-state index in [4.69, 9.17) is 0 Å². The predicted molar refractivity (Wildman–Crippen MR) is 70.2 cm³/mol. The number of hydrogen-bond acceptors (Lipinski definition) is 2. The largest absolute Gasteiger partial charge is 0.308 e. The van der Waals surface area contributed by atoms with Crippen LogP contribution in [0.3, 0.4) is 0 Å². The number of para-hydroxylation sites is 1. The average molecular weight is 232 g/mol. The van der Waals surface area contributed by atoms with Crippen molar-refractivity contribution in [3.05, 3.63) is 29.8 Å². The topological polar surface area (TPSA) is 32.3 Å². The normalized spacial score (nSPS) is 20.2. The Hall–Kier alpha value is -1.35. The summed E-state index contributed by atoms with van der Waals surface area (Å²) < 4.78 is 0. The number of nitrogens with zero attached hydrogens (tertiary/aromatic N) is 1. The van der Waals surface area contributed by atoms with Crippen molar-refractivity contribution >= 4 is 11.6 Å². The smallest absolute Gasteiger partial charge is 0.241 e. The van der Waals surface area contributed by atoms with E-state index >= 15 is 0 Å². The molecule has 3 nitrogen and oxygen atoms in total. The fourth-order valence-corrected chi connectivity index (χ4v) is 2.39. The van der Waals surface area contributed by atoms with E-state index in [1.807, 2.05) is 23.1 Å². The van der Waals surface area contributed by atoms with Gasteiger partial charge in [-0.2, -0.15) is 0 Å². The summed E-state index contributed by atoms with van der Waals surface area (Å²) in [5.41, 5.74) is 2.05. The summed E-state index contributed by atoms with van der Waals surface area (Å²) >= 11 is 0. The zero-order valence-corrected chi connectivity index (χ0v) is 10.8. The summed E-state index contributed by atoms with van der Waals surface area (Å²) in [7, 11) is 0.